The van der Waals surface area contributed by atoms with Crippen LogP contribution in [0.2, 0.25) is 5.02 Å². The van der Waals surface area contributed by atoms with Gasteiger partial charge < -0.3 is 9.84 Å². The number of carbonyl (C=O) groups excluding carboxylic acids is 1. The number of carbonyl (C=O) groups is 1. The van der Waals surface area contributed by atoms with Crippen molar-refractivity contribution in [3.63, 3.8) is 0 Å². The minimum atomic E-state index is -0.635. The summed E-state index contributed by atoms with van der Waals surface area (Å²) in [4.78, 5) is 11.8. The van der Waals surface area contributed by atoms with Gasteiger partial charge in [0.2, 0.25) is 0 Å². The van der Waals surface area contributed by atoms with Gasteiger partial charge in [0.1, 0.15) is 17.1 Å². The standard InChI is InChI=1S/C14H15ClO3/c1-3-5-6-11(4-2)18-14(17)12-9-10(15)7-8-13(12)16/h4-9,16H,3H2,1-2H3/b6-5-,11-4+. The molecule has 4 heteroatoms. The summed E-state index contributed by atoms with van der Waals surface area (Å²) >= 11 is 5.77. The molecule has 0 aliphatic carbocycles. The molecule has 0 fully saturated rings. The summed E-state index contributed by atoms with van der Waals surface area (Å²) in [6.07, 6.45) is 6.10. The Morgan fingerprint density at radius 3 is 2.83 bits per heavy atom. The summed E-state index contributed by atoms with van der Waals surface area (Å²) < 4.78 is 5.14. The molecule has 18 heavy (non-hydrogen) atoms. The highest BCUT2D eigenvalue weighted by molar-refractivity contribution is 6.31. The average Bonchev–Trinajstić information content (AvgIpc) is 2.37. The zero-order valence-corrected chi connectivity index (χ0v) is 11.1. The van der Waals surface area contributed by atoms with Gasteiger partial charge in [0, 0.05) is 5.02 Å². The lowest BCUT2D eigenvalue weighted by molar-refractivity contribution is 0.0633. The number of allylic oxidation sites excluding steroid dienone is 3. The van der Waals surface area contributed by atoms with Crippen LogP contribution in [0.25, 0.3) is 0 Å². The second-order valence-electron chi connectivity index (χ2n) is 3.55. The molecule has 96 valence electrons. The van der Waals surface area contributed by atoms with Crippen LogP contribution < -0.4 is 0 Å². The predicted molar refractivity (Wildman–Crippen MR) is 71.7 cm³/mol. The zero-order valence-electron chi connectivity index (χ0n) is 10.3. The highest BCUT2D eigenvalue weighted by atomic mass is 35.5. The Bertz CT molecular complexity index is 490. The Morgan fingerprint density at radius 1 is 1.50 bits per heavy atom. The third-order valence-corrected chi connectivity index (χ3v) is 2.43. The van der Waals surface area contributed by atoms with E-state index >= 15 is 0 Å². The number of phenolic OH excluding ortho intramolecular Hbond substituents is 1. The first kappa shape index (κ1) is 14.3. The van der Waals surface area contributed by atoms with E-state index in [-0.39, 0.29) is 11.3 Å². The van der Waals surface area contributed by atoms with Crippen molar-refractivity contribution in [2.24, 2.45) is 0 Å². The van der Waals surface area contributed by atoms with Gasteiger partial charge in [-0.2, -0.15) is 0 Å². The topological polar surface area (TPSA) is 46.5 Å². The molecule has 1 rings (SSSR count). The lowest BCUT2D eigenvalue weighted by Crippen LogP contribution is -2.04. The molecule has 0 saturated carbocycles. The van der Waals surface area contributed by atoms with Crippen LogP contribution in [0, 0.1) is 0 Å². The number of benzene rings is 1. The smallest absolute Gasteiger partial charge is 0.347 e. The molecule has 0 radical (unpaired) electrons. The van der Waals surface area contributed by atoms with Crippen LogP contribution in [0.3, 0.4) is 0 Å². The van der Waals surface area contributed by atoms with Gasteiger partial charge in [-0.25, -0.2) is 4.79 Å². The fourth-order valence-electron chi connectivity index (χ4n) is 1.26. The van der Waals surface area contributed by atoms with Crippen molar-refractivity contribution >= 4 is 17.6 Å². The summed E-state index contributed by atoms with van der Waals surface area (Å²) in [5.41, 5.74) is 0.0479. The van der Waals surface area contributed by atoms with Crippen molar-refractivity contribution < 1.29 is 14.6 Å². The van der Waals surface area contributed by atoms with Crippen LogP contribution in [-0.4, -0.2) is 11.1 Å². The predicted octanol–water partition coefficient (Wildman–Crippen LogP) is 4.07. The van der Waals surface area contributed by atoms with Crippen molar-refractivity contribution in [1.29, 1.82) is 0 Å². The van der Waals surface area contributed by atoms with Crippen LogP contribution in [0.15, 0.2) is 42.2 Å². The first-order chi connectivity index (χ1) is 8.58. The van der Waals surface area contributed by atoms with Crippen LogP contribution in [0.4, 0.5) is 0 Å². The highest BCUT2D eigenvalue weighted by Crippen LogP contribution is 2.23. The monoisotopic (exact) mass is 266 g/mol. The maximum Gasteiger partial charge on any atom is 0.347 e. The molecule has 0 unspecified atom stereocenters. The van der Waals surface area contributed by atoms with E-state index in [9.17, 15) is 9.90 Å². The summed E-state index contributed by atoms with van der Waals surface area (Å²) in [5.74, 6) is -0.357. The Morgan fingerprint density at radius 2 is 2.22 bits per heavy atom. The number of rotatable bonds is 4. The fourth-order valence-corrected chi connectivity index (χ4v) is 1.43. The lowest BCUT2D eigenvalue weighted by Gasteiger charge is -2.06. The summed E-state index contributed by atoms with van der Waals surface area (Å²) in [5, 5.41) is 9.94. The van der Waals surface area contributed by atoms with Gasteiger partial charge in [-0.1, -0.05) is 24.6 Å². The second-order valence-corrected chi connectivity index (χ2v) is 3.99. The van der Waals surface area contributed by atoms with E-state index in [4.69, 9.17) is 16.3 Å². The number of phenols is 1. The van der Waals surface area contributed by atoms with Crippen molar-refractivity contribution in [2.75, 3.05) is 0 Å². The van der Waals surface area contributed by atoms with Crippen molar-refractivity contribution in [3.8, 4) is 5.75 Å². The molecule has 0 atom stereocenters. The first-order valence-electron chi connectivity index (χ1n) is 5.62. The van der Waals surface area contributed by atoms with Crippen LogP contribution in [0.5, 0.6) is 5.75 Å². The Hall–Kier alpha value is -1.74. The second kappa shape index (κ2) is 6.87. The highest BCUT2D eigenvalue weighted by Gasteiger charge is 2.14. The molecule has 0 amide bonds. The minimum Gasteiger partial charge on any atom is -0.507 e. The number of esters is 1. The van der Waals surface area contributed by atoms with E-state index in [1.807, 2.05) is 13.0 Å². The molecule has 0 bridgehead atoms. The van der Waals surface area contributed by atoms with Gasteiger partial charge in [0.25, 0.3) is 0 Å². The molecule has 0 aliphatic heterocycles. The van der Waals surface area contributed by atoms with E-state index in [0.29, 0.717) is 10.8 Å². The molecule has 3 nitrogen and oxygen atoms in total. The third-order valence-electron chi connectivity index (χ3n) is 2.19. The number of halogens is 1. The molecular formula is C14H15ClO3. The maximum atomic E-state index is 11.8. The van der Waals surface area contributed by atoms with Gasteiger partial charge >= 0.3 is 5.97 Å². The maximum absolute atomic E-state index is 11.8. The molecule has 0 saturated heterocycles. The van der Waals surface area contributed by atoms with E-state index in [1.165, 1.54) is 18.2 Å². The molecule has 0 spiro atoms. The van der Waals surface area contributed by atoms with Gasteiger partial charge in [-0.3, -0.25) is 0 Å². The van der Waals surface area contributed by atoms with Crippen LogP contribution >= 0.6 is 11.6 Å². The van der Waals surface area contributed by atoms with E-state index < -0.39 is 5.97 Å². The van der Waals surface area contributed by atoms with E-state index in [2.05, 4.69) is 0 Å². The largest absolute Gasteiger partial charge is 0.507 e. The normalized spacial score (nSPS) is 11.8. The molecule has 0 aliphatic rings. The summed E-state index contributed by atoms with van der Waals surface area (Å²) in [6.45, 7) is 3.74. The van der Waals surface area contributed by atoms with E-state index in [0.717, 1.165) is 6.42 Å². The quantitative estimate of drug-likeness (QED) is 0.508. The van der Waals surface area contributed by atoms with Gasteiger partial charge in [0.05, 0.1) is 0 Å². The minimum absolute atomic E-state index is 0.0479. The number of hydrogen-bond acceptors (Lipinski definition) is 3. The van der Waals surface area contributed by atoms with Gasteiger partial charge in [-0.15, -0.1) is 0 Å². The molecule has 0 heterocycles. The number of hydrogen-bond donors (Lipinski definition) is 1. The lowest BCUT2D eigenvalue weighted by atomic mass is 10.2. The molecule has 0 aromatic heterocycles. The Labute approximate surface area is 111 Å². The fraction of sp³-hybridized carbons (Fsp3) is 0.214. The number of aromatic hydroxyl groups is 1. The first-order valence-corrected chi connectivity index (χ1v) is 5.99. The van der Waals surface area contributed by atoms with E-state index in [1.54, 1.807) is 19.1 Å². The van der Waals surface area contributed by atoms with Crippen molar-refractivity contribution in [2.45, 2.75) is 20.3 Å². The summed E-state index contributed by atoms with van der Waals surface area (Å²) in [7, 11) is 0. The Balaban J connectivity index is 2.88. The Kier molecular flexibility index (Phi) is 5.46. The van der Waals surface area contributed by atoms with Crippen molar-refractivity contribution in [1.82, 2.24) is 0 Å². The van der Waals surface area contributed by atoms with Crippen molar-refractivity contribution in [3.05, 3.63) is 52.8 Å². The molecular weight excluding hydrogens is 252 g/mol. The summed E-state index contributed by atoms with van der Waals surface area (Å²) in [6, 6.07) is 4.23. The van der Waals surface area contributed by atoms with Crippen LogP contribution in [-0.2, 0) is 4.74 Å². The zero-order chi connectivity index (χ0) is 13.5. The SMILES string of the molecule is C/C=C(\C=C/CC)OC(=O)c1cc(Cl)ccc1O. The average molecular weight is 267 g/mol. The molecule has 1 aromatic carbocycles. The van der Waals surface area contributed by atoms with Gasteiger partial charge in [0.15, 0.2) is 0 Å². The molecule has 1 aromatic rings. The van der Waals surface area contributed by atoms with Gasteiger partial charge in [-0.05, 0) is 43.7 Å². The molecule has 1 N–H and O–H groups in total. The number of ether oxygens (including phenoxy) is 1. The third kappa shape index (κ3) is 3.93. The van der Waals surface area contributed by atoms with Crippen LogP contribution in [0.1, 0.15) is 30.6 Å².